The quantitative estimate of drug-likeness (QED) is 0.432. The number of hydrogen-bond donors (Lipinski definition) is 1. The first kappa shape index (κ1) is 22.5. The van der Waals surface area contributed by atoms with Crippen LogP contribution in [0.2, 0.25) is 0 Å². The third-order valence-corrected chi connectivity index (χ3v) is 8.69. The molecule has 1 saturated heterocycles. The Hall–Kier alpha value is -3.34. The number of benzene rings is 3. The molecule has 1 aromatic heterocycles. The average Bonchev–Trinajstić information content (AvgIpc) is 3.54. The number of sulfonamides is 1. The first-order valence-electron chi connectivity index (χ1n) is 10.8. The first-order valence-corrected chi connectivity index (χ1v) is 13.0. The first-order chi connectivity index (χ1) is 16.5. The van der Waals surface area contributed by atoms with Crippen molar-refractivity contribution in [2.45, 2.75) is 23.8 Å². The van der Waals surface area contributed by atoms with E-state index in [1.807, 2.05) is 48.5 Å². The van der Waals surface area contributed by atoms with Gasteiger partial charge in [-0.05, 0) is 48.6 Å². The number of rotatable bonds is 6. The van der Waals surface area contributed by atoms with Crippen LogP contribution in [-0.4, -0.2) is 48.5 Å². The van der Waals surface area contributed by atoms with Crippen LogP contribution in [0.1, 0.15) is 12.8 Å². The number of carbonyl (C=O) groups is 1. The van der Waals surface area contributed by atoms with E-state index in [9.17, 15) is 13.2 Å². The predicted octanol–water partition coefficient (Wildman–Crippen LogP) is 4.16. The molecule has 1 fully saturated rings. The standard InChI is InChI=1S/C24H22N4O4S2/c1-32-18-13-11-17(12-14-18)23-26-27-24(33-23)25-22(29)20-9-5-15-28(20)34(30,31)21-10-4-7-16-6-2-3-8-19(16)21/h2-4,6-8,10-14,20H,5,9,15H2,1H3,(H,25,27,29)/t20-/m1/s1. The third-order valence-electron chi connectivity index (χ3n) is 5.83. The maximum Gasteiger partial charge on any atom is 0.244 e. The van der Waals surface area contributed by atoms with Crippen LogP contribution in [-0.2, 0) is 14.8 Å². The highest BCUT2D eigenvalue weighted by Gasteiger charge is 2.40. The zero-order chi connectivity index (χ0) is 23.7. The van der Waals surface area contributed by atoms with Gasteiger partial charge in [0.2, 0.25) is 21.1 Å². The smallest absolute Gasteiger partial charge is 0.244 e. The van der Waals surface area contributed by atoms with Crippen molar-refractivity contribution in [3.05, 3.63) is 66.7 Å². The van der Waals surface area contributed by atoms with Gasteiger partial charge < -0.3 is 4.74 Å². The number of fused-ring (bicyclic) bond motifs is 1. The third kappa shape index (κ3) is 4.15. The van der Waals surface area contributed by atoms with E-state index >= 15 is 0 Å². The number of amides is 1. The summed E-state index contributed by atoms with van der Waals surface area (Å²) in [5.41, 5.74) is 0.847. The molecule has 3 aromatic carbocycles. The molecule has 1 amide bonds. The van der Waals surface area contributed by atoms with Crippen molar-refractivity contribution < 1.29 is 17.9 Å². The van der Waals surface area contributed by atoms with Gasteiger partial charge in [-0.25, -0.2) is 8.42 Å². The molecule has 0 spiro atoms. The molecule has 10 heteroatoms. The molecule has 1 aliphatic rings. The van der Waals surface area contributed by atoms with Crippen molar-refractivity contribution in [3.63, 3.8) is 0 Å². The van der Waals surface area contributed by atoms with E-state index in [-0.39, 0.29) is 11.4 Å². The summed E-state index contributed by atoms with van der Waals surface area (Å²) in [7, 11) is -2.27. The molecular formula is C24H22N4O4S2. The van der Waals surface area contributed by atoms with Gasteiger partial charge in [-0.15, -0.1) is 10.2 Å². The van der Waals surface area contributed by atoms with Gasteiger partial charge in [-0.3, -0.25) is 10.1 Å². The highest BCUT2D eigenvalue weighted by atomic mass is 32.2. The average molecular weight is 495 g/mol. The van der Waals surface area contributed by atoms with E-state index < -0.39 is 22.0 Å². The van der Waals surface area contributed by atoms with Crippen molar-refractivity contribution >= 4 is 43.2 Å². The second-order valence-corrected chi connectivity index (χ2v) is 10.7. The van der Waals surface area contributed by atoms with Gasteiger partial charge in [-0.2, -0.15) is 4.31 Å². The highest BCUT2D eigenvalue weighted by molar-refractivity contribution is 7.89. The molecule has 1 aliphatic heterocycles. The minimum absolute atomic E-state index is 0.211. The number of ether oxygens (including phenoxy) is 1. The number of hydrogen-bond acceptors (Lipinski definition) is 7. The lowest BCUT2D eigenvalue weighted by Gasteiger charge is -2.23. The topological polar surface area (TPSA) is 101 Å². The number of nitrogens with zero attached hydrogens (tertiary/aromatic N) is 3. The Morgan fingerprint density at radius 3 is 2.62 bits per heavy atom. The van der Waals surface area contributed by atoms with E-state index in [0.717, 1.165) is 16.7 Å². The number of anilines is 1. The van der Waals surface area contributed by atoms with Crippen molar-refractivity contribution in [1.29, 1.82) is 0 Å². The number of nitrogens with one attached hydrogen (secondary N) is 1. The van der Waals surface area contributed by atoms with Gasteiger partial charge in [0.25, 0.3) is 0 Å². The Morgan fingerprint density at radius 1 is 1.06 bits per heavy atom. The molecule has 1 N–H and O–H groups in total. The fraction of sp³-hybridized carbons (Fsp3) is 0.208. The Labute approximate surface area is 201 Å². The number of methoxy groups -OCH3 is 1. The Morgan fingerprint density at radius 2 is 1.82 bits per heavy atom. The number of aromatic nitrogens is 2. The minimum Gasteiger partial charge on any atom is -0.497 e. The summed E-state index contributed by atoms with van der Waals surface area (Å²) in [4.78, 5) is 13.3. The van der Waals surface area contributed by atoms with Crippen molar-refractivity contribution in [1.82, 2.24) is 14.5 Å². The lowest BCUT2D eigenvalue weighted by molar-refractivity contribution is -0.119. The summed E-state index contributed by atoms with van der Waals surface area (Å²) < 4.78 is 33.6. The largest absolute Gasteiger partial charge is 0.497 e. The maximum absolute atomic E-state index is 13.6. The molecule has 1 atom stereocenters. The zero-order valence-electron chi connectivity index (χ0n) is 18.3. The van der Waals surface area contributed by atoms with Crippen LogP contribution in [0.3, 0.4) is 0 Å². The molecule has 0 saturated carbocycles. The van der Waals surface area contributed by atoms with Crippen LogP contribution in [0.5, 0.6) is 5.75 Å². The molecule has 2 heterocycles. The summed E-state index contributed by atoms with van der Waals surface area (Å²) in [6.45, 7) is 0.289. The van der Waals surface area contributed by atoms with Crippen LogP contribution in [0, 0.1) is 0 Å². The summed E-state index contributed by atoms with van der Waals surface area (Å²) in [5.74, 6) is 0.328. The van der Waals surface area contributed by atoms with Gasteiger partial charge in [-0.1, -0.05) is 47.7 Å². The normalized spacial score (nSPS) is 16.6. The molecule has 0 unspecified atom stereocenters. The Kier molecular flexibility index (Phi) is 6.03. The fourth-order valence-corrected chi connectivity index (χ4v) is 6.77. The Balaban J connectivity index is 1.37. The fourth-order valence-electron chi connectivity index (χ4n) is 4.15. The molecule has 34 heavy (non-hydrogen) atoms. The van der Waals surface area contributed by atoms with Crippen LogP contribution in [0.25, 0.3) is 21.3 Å². The van der Waals surface area contributed by atoms with Gasteiger partial charge in [0.05, 0.1) is 12.0 Å². The van der Waals surface area contributed by atoms with E-state index in [2.05, 4.69) is 15.5 Å². The van der Waals surface area contributed by atoms with Crippen LogP contribution < -0.4 is 10.1 Å². The van der Waals surface area contributed by atoms with Crippen molar-refractivity contribution in [2.75, 3.05) is 19.0 Å². The van der Waals surface area contributed by atoms with Gasteiger partial charge in [0.1, 0.15) is 16.8 Å². The summed E-state index contributed by atoms with van der Waals surface area (Å²) in [6, 6.07) is 19.1. The zero-order valence-corrected chi connectivity index (χ0v) is 20.0. The second kappa shape index (κ2) is 9.13. The predicted molar refractivity (Wildman–Crippen MR) is 131 cm³/mol. The molecule has 0 radical (unpaired) electrons. The summed E-state index contributed by atoms with van der Waals surface area (Å²) in [6.07, 6.45) is 1.05. The molecule has 4 aromatic rings. The second-order valence-electron chi connectivity index (χ2n) is 7.88. The lowest BCUT2D eigenvalue weighted by Crippen LogP contribution is -2.43. The number of carbonyl (C=O) groups excluding carboxylic acids is 1. The summed E-state index contributed by atoms with van der Waals surface area (Å²) in [5, 5.41) is 13.4. The molecule has 0 aliphatic carbocycles. The van der Waals surface area contributed by atoms with Gasteiger partial charge in [0, 0.05) is 17.5 Å². The molecule has 5 rings (SSSR count). The van der Waals surface area contributed by atoms with E-state index in [4.69, 9.17) is 4.74 Å². The van der Waals surface area contributed by atoms with Crippen molar-refractivity contribution in [2.24, 2.45) is 0 Å². The summed E-state index contributed by atoms with van der Waals surface area (Å²) >= 11 is 1.23. The van der Waals surface area contributed by atoms with E-state index in [1.165, 1.54) is 15.6 Å². The molecule has 0 bridgehead atoms. The molecule has 174 valence electrons. The Bertz CT molecular complexity index is 1450. The SMILES string of the molecule is COc1ccc(-c2nnc(NC(=O)[C@H]3CCCN3S(=O)(=O)c3cccc4ccccc34)s2)cc1. The van der Waals surface area contributed by atoms with Gasteiger partial charge >= 0.3 is 0 Å². The van der Waals surface area contributed by atoms with E-state index in [1.54, 1.807) is 25.3 Å². The molecular weight excluding hydrogens is 472 g/mol. The van der Waals surface area contributed by atoms with Crippen LogP contribution in [0.15, 0.2) is 71.6 Å². The maximum atomic E-state index is 13.6. The van der Waals surface area contributed by atoms with Crippen LogP contribution in [0.4, 0.5) is 5.13 Å². The lowest BCUT2D eigenvalue weighted by atomic mass is 10.1. The monoisotopic (exact) mass is 494 g/mol. The minimum atomic E-state index is -3.87. The van der Waals surface area contributed by atoms with Gasteiger partial charge in [0.15, 0.2) is 0 Å². The van der Waals surface area contributed by atoms with Crippen molar-refractivity contribution in [3.8, 4) is 16.3 Å². The molecule has 8 nitrogen and oxygen atoms in total. The van der Waals surface area contributed by atoms with Crippen LogP contribution >= 0.6 is 11.3 Å². The highest BCUT2D eigenvalue weighted by Crippen LogP contribution is 2.32. The van der Waals surface area contributed by atoms with E-state index in [0.29, 0.717) is 28.4 Å².